The van der Waals surface area contributed by atoms with E-state index in [1.54, 1.807) is 26.2 Å². The van der Waals surface area contributed by atoms with E-state index < -0.39 is 23.6 Å². The minimum absolute atomic E-state index is 0.00142. The summed E-state index contributed by atoms with van der Waals surface area (Å²) in [6, 6.07) is 10.3. The van der Waals surface area contributed by atoms with Crippen LogP contribution in [0.4, 0.5) is 23.2 Å². The molecule has 1 heterocycles. The molecule has 2 aromatic carbocycles. The fraction of sp³-hybridized carbons (Fsp3) is 0.364. The number of likely N-dealkylation sites (N-methyl/N-ethyl adjacent to an activating group) is 1. The molecule has 0 unspecified atom stereocenters. The molecule has 0 aliphatic carbocycles. The molecule has 0 spiro atoms. The predicted molar refractivity (Wildman–Crippen MR) is 108 cm³/mol. The molecular weight excluding hydrogens is 414 g/mol. The van der Waals surface area contributed by atoms with Crippen LogP contribution < -0.4 is 10.2 Å². The van der Waals surface area contributed by atoms with Crippen LogP contribution in [0.25, 0.3) is 0 Å². The quantitative estimate of drug-likeness (QED) is 0.703. The first-order valence-corrected chi connectivity index (χ1v) is 9.73. The molecule has 5 nitrogen and oxygen atoms in total. The van der Waals surface area contributed by atoms with E-state index >= 15 is 0 Å². The minimum atomic E-state index is -4.52. The number of hydrogen-bond acceptors (Lipinski definition) is 3. The number of amides is 2. The van der Waals surface area contributed by atoms with Gasteiger partial charge in [0, 0.05) is 25.2 Å². The topological polar surface area (TPSA) is 52.7 Å². The summed E-state index contributed by atoms with van der Waals surface area (Å²) in [6.07, 6.45) is -4.61. The molecule has 2 amide bonds. The van der Waals surface area contributed by atoms with Gasteiger partial charge >= 0.3 is 6.18 Å². The number of nitrogens with one attached hydrogen (secondary N) is 1. The van der Waals surface area contributed by atoms with Crippen LogP contribution in [0, 0.1) is 11.7 Å². The highest BCUT2D eigenvalue weighted by molar-refractivity contribution is 6.00. The van der Waals surface area contributed by atoms with Crippen LogP contribution >= 0.6 is 0 Å². The number of carbonyl (C=O) groups is 2. The molecule has 0 bridgehead atoms. The molecule has 0 aromatic heterocycles. The Balaban J connectivity index is 1.66. The van der Waals surface area contributed by atoms with Crippen molar-refractivity contribution in [2.24, 2.45) is 5.92 Å². The highest BCUT2D eigenvalue weighted by atomic mass is 19.4. The SMILES string of the molecule is CN(C)[C@@H](CNC(=O)[C@@H]1CC(=O)N(c2cccc(C(F)(F)F)c2)C1)c1cccc(F)c1. The lowest BCUT2D eigenvalue weighted by Crippen LogP contribution is -2.38. The van der Waals surface area contributed by atoms with Crippen LogP contribution in [0.1, 0.15) is 23.6 Å². The van der Waals surface area contributed by atoms with Crippen LogP contribution in [0.2, 0.25) is 0 Å². The molecule has 9 heteroatoms. The normalized spacial score (nSPS) is 17.8. The first-order valence-electron chi connectivity index (χ1n) is 9.73. The largest absolute Gasteiger partial charge is 0.416 e. The van der Waals surface area contributed by atoms with E-state index in [0.29, 0.717) is 5.56 Å². The Morgan fingerprint density at radius 1 is 1.19 bits per heavy atom. The van der Waals surface area contributed by atoms with Gasteiger partial charge < -0.3 is 15.1 Å². The smallest absolute Gasteiger partial charge is 0.354 e. The summed E-state index contributed by atoms with van der Waals surface area (Å²) < 4.78 is 52.5. The number of anilines is 1. The number of halogens is 4. The van der Waals surface area contributed by atoms with Gasteiger partial charge in [-0.2, -0.15) is 13.2 Å². The van der Waals surface area contributed by atoms with Crippen molar-refractivity contribution in [1.82, 2.24) is 10.2 Å². The minimum Gasteiger partial charge on any atom is -0.354 e. The summed E-state index contributed by atoms with van der Waals surface area (Å²) in [5.41, 5.74) is -0.0472. The Bertz CT molecular complexity index is 962. The standard InChI is InChI=1S/C22H23F4N3O2/c1-28(2)19(14-5-3-7-17(23)9-14)12-27-21(31)15-10-20(30)29(13-15)18-8-4-6-16(11-18)22(24,25)26/h3-9,11,15,19H,10,12-13H2,1-2H3,(H,27,31)/t15-,19+/m1/s1. The van der Waals surface area contributed by atoms with E-state index in [4.69, 9.17) is 0 Å². The van der Waals surface area contributed by atoms with E-state index in [9.17, 15) is 27.2 Å². The van der Waals surface area contributed by atoms with Crippen molar-refractivity contribution in [2.75, 3.05) is 32.1 Å². The van der Waals surface area contributed by atoms with Crippen molar-refractivity contribution < 1.29 is 27.2 Å². The van der Waals surface area contributed by atoms with Crippen molar-refractivity contribution in [3.8, 4) is 0 Å². The molecule has 1 N–H and O–H groups in total. The van der Waals surface area contributed by atoms with Crippen LogP contribution in [0.15, 0.2) is 48.5 Å². The lowest BCUT2D eigenvalue weighted by molar-refractivity contribution is -0.137. The van der Waals surface area contributed by atoms with Gasteiger partial charge in [-0.1, -0.05) is 18.2 Å². The Morgan fingerprint density at radius 2 is 1.90 bits per heavy atom. The van der Waals surface area contributed by atoms with Crippen LogP contribution in [0.3, 0.4) is 0 Å². The van der Waals surface area contributed by atoms with Crippen molar-refractivity contribution >= 4 is 17.5 Å². The highest BCUT2D eigenvalue weighted by Crippen LogP contribution is 2.33. The molecule has 1 fully saturated rings. The fourth-order valence-electron chi connectivity index (χ4n) is 3.64. The molecule has 0 radical (unpaired) electrons. The number of rotatable bonds is 6. The summed E-state index contributed by atoms with van der Waals surface area (Å²) in [4.78, 5) is 28.1. The molecule has 2 atom stereocenters. The van der Waals surface area contributed by atoms with Gasteiger partial charge in [-0.15, -0.1) is 0 Å². The second-order valence-corrected chi connectivity index (χ2v) is 7.73. The summed E-state index contributed by atoms with van der Waals surface area (Å²) in [5.74, 6) is -1.84. The number of carbonyl (C=O) groups excluding carboxylic acids is 2. The zero-order valence-electron chi connectivity index (χ0n) is 17.1. The zero-order chi connectivity index (χ0) is 22.8. The highest BCUT2D eigenvalue weighted by Gasteiger charge is 2.37. The number of nitrogens with zero attached hydrogens (tertiary/aromatic N) is 2. The maximum Gasteiger partial charge on any atom is 0.416 e. The van der Waals surface area contributed by atoms with Gasteiger partial charge in [0.2, 0.25) is 11.8 Å². The van der Waals surface area contributed by atoms with E-state index in [2.05, 4.69) is 5.32 Å². The third kappa shape index (κ3) is 5.41. The Hall–Kier alpha value is -2.94. The average Bonchev–Trinajstić information content (AvgIpc) is 3.09. The number of alkyl halides is 3. The molecule has 1 saturated heterocycles. The first-order chi connectivity index (χ1) is 14.6. The molecule has 31 heavy (non-hydrogen) atoms. The predicted octanol–water partition coefficient (Wildman–Crippen LogP) is 3.62. The maximum absolute atomic E-state index is 13.6. The molecule has 166 valence electrons. The second kappa shape index (κ2) is 9.05. The van der Waals surface area contributed by atoms with E-state index in [1.165, 1.54) is 29.2 Å². The van der Waals surface area contributed by atoms with Gasteiger partial charge in [0.25, 0.3) is 0 Å². The molecule has 2 aromatic rings. The lowest BCUT2D eigenvalue weighted by atomic mass is 10.0. The van der Waals surface area contributed by atoms with E-state index in [-0.39, 0.29) is 43.0 Å². The molecule has 1 aliphatic rings. The average molecular weight is 437 g/mol. The maximum atomic E-state index is 13.6. The van der Waals surface area contributed by atoms with Crippen molar-refractivity contribution in [3.05, 3.63) is 65.5 Å². The van der Waals surface area contributed by atoms with Crippen LogP contribution in [-0.4, -0.2) is 43.9 Å². The molecule has 1 aliphatic heterocycles. The number of benzene rings is 2. The number of hydrogen-bond donors (Lipinski definition) is 1. The molecule has 3 rings (SSSR count). The van der Waals surface area contributed by atoms with Crippen molar-refractivity contribution in [3.63, 3.8) is 0 Å². The summed E-state index contributed by atoms with van der Waals surface area (Å²) in [5, 5.41) is 2.79. The Labute approximate surface area is 177 Å². The monoisotopic (exact) mass is 437 g/mol. The summed E-state index contributed by atoms with van der Waals surface area (Å²) in [7, 11) is 3.60. The zero-order valence-corrected chi connectivity index (χ0v) is 17.1. The summed E-state index contributed by atoms with van der Waals surface area (Å²) in [6.45, 7) is 0.197. The third-order valence-corrected chi connectivity index (χ3v) is 5.31. The van der Waals surface area contributed by atoms with Crippen molar-refractivity contribution in [2.45, 2.75) is 18.6 Å². The van der Waals surface area contributed by atoms with Crippen LogP contribution in [0.5, 0.6) is 0 Å². The molecule has 0 saturated carbocycles. The van der Waals surface area contributed by atoms with Gasteiger partial charge in [-0.25, -0.2) is 4.39 Å². The van der Waals surface area contributed by atoms with Gasteiger partial charge in [0.15, 0.2) is 0 Å². The van der Waals surface area contributed by atoms with E-state index in [0.717, 1.165) is 12.1 Å². The van der Waals surface area contributed by atoms with E-state index in [1.807, 2.05) is 4.90 Å². The second-order valence-electron chi connectivity index (χ2n) is 7.73. The Kier molecular flexibility index (Phi) is 6.64. The van der Waals surface area contributed by atoms with Crippen LogP contribution in [-0.2, 0) is 15.8 Å². The third-order valence-electron chi connectivity index (χ3n) is 5.31. The van der Waals surface area contributed by atoms with Gasteiger partial charge in [-0.05, 0) is 50.0 Å². The fourth-order valence-corrected chi connectivity index (χ4v) is 3.64. The Morgan fingerprint density at radius 3 is 2.55 bits per heavy atom. The van der Waals surface area contributed by atoms with Gasteiger partial charge in [-0.3, -0.25) is 9.59 Å². The summed E-state index contributed by atoms with van der Waals surface area (Å²) >= 11 is 0. The van der Waals surface area contributed by atoms with Crippen molar-refractivity contribution in [1.29, 1.82) is 0 Å². The first kappa shape index (κ1) is 22.7. The van der Waals surface area contributed by atoms with Gasteiger partial charge in [0.05, 0.1) is 17.5 Å². The molecular formula is C22H23F4N3O2. The van der Waals surface area contributed by atoms with Gasteiger partial charge in [0.1, 0.15) is 5.82 Å². The lowest BCUT2D eigenvalue weighted by Gasteiger charge is -2.26.